The molecule has 0 aliphatic heterocycles. The molecule has 0 fully saturated rings. The number of nitrogens with one attached hydrogen (secondary N) is 2. The number of rotatable bonds is 7. The molecule has 0 bridgehead atoms. The van der Waals surface area contributed by atoms with E-state index in [1.165, 1.54) is 0 Å². The molecular weight excluding hydrogens is 266 g/mol. The van der Waals surface area contributed by atoms with E-state index in [0.29, 0.717) is 12.3 Å². The molecule has 2 N–H and O–H groups in total. The van der Waals surface area contributed by atoms with Crippen molar-refractivity contribution in [3.05, 3.63) is 0 Å². The Morgan fingerprint density at radius 3 is 2.50 bits per heavy atom. The summed E-state index contributed by atoms with van der Waals surface area (Å²) >= 11 is 1.78. The van der Waals surface area contributed by atoms with Crippen molar-refractivity contribution in [1.29, 1.82) is 0 Å². The van der Waals surface area contributed by atoms with E-state index in [0.717, 1.165) is 24.8 Å². The summed E-state index contributed by atoms with van der Waals surface area (Å²) in [5, 5.41) is 6.40. The lowest BCUT2D eigenvalue weighted by atomic mass is 10.3. The summed E-state index contributed by atoms with van der Waals surface area (Å²) in [7, 11) is -0.814. The summed E-state index contributed by atoms with van der Waals surface area (Å²) in [6.45, 7) is 10.4. The summed E-state index contributed by atoms with van der Waals surface area (Å²) in [5.74, 6) is 2.48. The normalized spacial score (nSPS) is 14.4. The zero-order valence-electron chi connectivity index (χ0n) is 12.2. The predicted molar refractivity (Wildman–Crippen MR) is 85.1 cm³/mol. The van der Waals surface area contributed by atoms with Crippen molar-refractivity contribution in [3.63, 3.8) is 0 Å². The van der Waals surface area contributed by atoms with E-state index < -0.39 is 10.8 Å². The van der Waals surface area contributed by atoms with Crippen molar-refractivity contribution in [3.8, 4) is 0 Å². The molecule has 0 aliphatic carbocycles. The second kappa shape index (κ2) is 9.67. The molecule has 0 saturated heterocycles. The number of guanidine groups is 1. The van der Waals surface area contributed by atoms with Crippen LogP contribution in [0.5, 0.6) is 0 Å². The molecular formula is C12H27N3OS2. The van der Waals surface area contributed by atoms with Crippen LogP contribution < -0.4 is 10.6 Å². The van der Waals surface area contributed by atoms with Gasteiger partial charge in [0.2, 0.25) is 0 Å². The predicted octanol–water partition coefficient (Wildman–Crippen LogP) is 1.45. The highest BCUT2D eigenvalue weighted by molar-refractivity contribution is 7.98. The first-order valence-corrected chi connectivity index (χ1v) is 9.02. The molecule has 18 heavy (non-hydrogen) atoms. The molecule has 1 atom stereocenters. The molecule has 0 heterocycles. The van der Waals surface area contributed by atoms with Gasteiger partial charge in [-0.1, -0.05) is 0 Å². The van der Waals surface area contributed by atoms with Crippen LogP contribution in [-0.2, 0) is 10.8 Å². The zero-order chi connectivity index (χ0) is 14.0. The molecule has 1 unspecified atom stereocenters. The third-order valence-corrected chi connectivity index (χ3v) is 4.70. The Morgan fingerprint density at radius 1 is 1.33 bits per heavy atom. The maximum atomic E-state index is 11.9. The third-order valence-electron chi connectivity index (χ3n) is 2.17. The number of aliphatic imine (C=N–C) groups is 1. The highest BCUT2D eigenvalue weighted by Crippen LogP contribution is 2.10. The van der Waals surface area contributed by atoms with Crippen LogP contribution in [0.15, 0.2) is 4.99 Å². The molecule has 4 nitrogen and oxygen atoms in total. The molecule has 0 rings (SSSR count). The Morgan fingerprint density at radius 2 is 2.00 bits per heavy atom. The Bertz CT molecular complexity index is 275. The lowest BCUT2D eigenvalue weighted by Gasteiger charge is -2.18. The second-order valence-corrected chi connectivity index (χ2v) is 8.15. The number of thioether (sulfide) groups is 1. The molecule has 0 aromatic heterocycles. The van der Waals surface area contributed by atoms with Crippen molar-refractivity contribution in [2.24, 2.45) is 4.99 Å². The van der Waals surface area contributed by atoms with Gasteiger partial charge in [-0.15, -0.1) is 0 Å². The third kappa shape index (κ3) is 8.80. The largest absolute Gasteiger partial charge is 0.357 e. The summed E-state index contributed by atoms with van der Waals surface area (Å²) in [4.78, 5) is 4.44. The lowest BCUT2D eigenvalue weighted by molar-refractivity contribution is 0.647. The van der Waals surface area contributed by atoms with E-state index in [1.807, 2.05) is 27.7 Å². The maximum Gasteiger partial charge on any atom is 0.191 e. The quantitative estimate of drug-likeness (QED) is 0.424. The van der Waals surface area contributed by atoms with E-state index in [1.54, 1.807) is 11.8 Å². The van der Waals surface area contributed by atoms with Crippen molar-refractivity contribution in [1.82, 2.24) is 10.6 Å². The topological polar surface area (TPSA) is 53.5 Å². The monoisotopic (exact) mass is 293 g/mol. The minimum Gasteiger partial charge on any atom is -0.357 e. The minimum atomic E-state index is -0.814. The zero-order valence-corrected chi connectivity index (χ0v) is 13.8. The smallest absolute Gasteiger partial charge is 0.191 e. The van der Waals surface area contributed by atoms with Gasteiger partial charge in [0.25, 0.3) is 0 Å². The van der Waals surface area contributed by atoms with Gasteiger partial charge in [-0.05, 0) is 34.0 Å². The number of nitrogens with zero attached hydrogens (tertiary/aromatic N) is 1. The number of hydrogen-bond donors (Lipinski definition) is 2. The van der Waals surface area contributed by atoms with Gasteiger partial charge in [0.05, 0.1) is 6.54 Å². The summed E-state index contributed by atoms with van der Waals surface area (Å²) < 4.78 is 11.7. The van der Waals surface area contributed by atoms with Crippen molar-refractivity contribution < 1.29 is 4.21 Å². The van der Waals surface area contributed by atoms with Crippen LogP contribution in [0.2, 0.25) is 0 Å². The highest BCUT2D eigenvalue weighted by Gasteiger charge is 2.18. The molecule has 0 aliphatic rings. The van der Waals surface area contributed by atoms with Gasteiger partial charge >= 0.3 is 0 Å². The first-order valence-electron chi connectivity index (χ1n) is 6.31. The standard InChI is InChI=1S/C12H27N3OS2/c1-6-13-11(14-7-9-17-5)15-8-10-18(16)12(2,3)4/h6-10H2,1-5H3,(H2,13,14,15). The van der Waals surface area contributed by atoms with E-state index in [4.69, 9.17) is 0 Å². The summed E-state index contributed by atoms with van der Waals surface area (Å²) in [6.07, 6.45) is 2.07. The number of hydrogen-bond acceptors (Lipinski definition) is 3. The molecule has 6 heteroatoms. The Balaban J connectivity index is 4.04. The van der Waals surface area contributed by atoms with Crippen molar-refractivity contribution in [2.75, 3.05) is 37.4 Å². The van der Waals surface area contributed by atoms with Crippen molar-refractivity contribution >= 4 is 28.5 Å². The summed E-state index contributed by atoms with van der Waals surface area (Å²) in [6, 6.07) is 0. The fourth-order valence-electron chi connectivity index (χ4n) is 1.16. The van der Waals surface area contributed by atoms with E-state index in [2.05, 4.69) is 21.9 Å². The van der Waals surface area contributed by atoms with E-state index in [9.17, 15) is 4.21 Å². The van der Waals surface area contributed by atoms with Gasteiger partial charge in [0.15, 0.2) is 5.96 Å². The van der Waals surface area contributed by atoms with E-state index in [-0.39, 0.29) is 4.75 Å². The molecule has 0 saturated carbocycles. The van der Waals surface area contributed by atoms with Gasteiger partial charge in [-0.25, -0.2) is 0 Å². The maximum absolute atomic E-state index is 11.9. The fourth-order valence-corrected chi connectivity index (χ4v) is 2.33. The molecule has 108 valence electrons. The Kier molecular flexibility index (Phi) is 9.54. The lowest BCUT2D eigenvalue weighted by Crippen LogP contribution is -2.40. The molecule has 0 amide bonds. The van der Waals surface area contributed by atoms with E-state index >= 15 is 0 Å². The average molecular weight is 294 g/mol. The molecule has 0 aromatic carbocycles. The Hall–Kier alpha value is -0.230. The first-order chi connectivity index (χ1) is 8.41. The van der Waals surface area contributed by atoms with Crippen LogP contribution in [0.25, 0.3) is 0 Å². The van der Waals surface area contributed by atoms with Crippen LogP contribution >= 0.6 is 11.8 Å². The van der Waals surface area contributed by atoms with Gasteiger partial charge in [0.1, 0.15) is 0 Å². The second-order valence-electron chi connectivity index (χ2n) is 4.84. The highest BCUT2D eigenvalue weighted by atomic mass is 32.2. The average Bonchev–Trinajstić information content (AvgIpc) is 2.28. The van der Waals surface area contributed by atoms with Crippen LogP contribution in [0.4, 0.5) is 0 Å². The van der Waals surface area contributed by atoms with Gasteiger partial charge in [-0.3, -0.25) is 9.20 Å². The molecule has 0 spiro atoms. The van der Waals surface area contributed by atoms with Gasteiger partial charge in [-0.2, -0.15) is 11.8 Å². The van der Waals surface area contributed by atoms with Gasteiger partial charge in [0, 0.05) is 40.1 Å². The van der Waals surface area contributed by atoms with Crippen LogP contribution in [0.1, 0.15) is 27.7 Å². The van der Waals surface area contributed by atoms with Crippen LogP contribution in [0.3, 0.4) is 0 Å². The van der Waals surface area contributed by atoms with Crippen LogP contribution in [-0.4, -0.2) is 52.3 Å². The van der Waals surface area contributed by atoms with Crippen LogP contribution in [0, 0.1) is 0 Å². The first kappa shape index (κ1) is 17.8. The molecule has 0 radical (unpaired) electrons. The minimum absolute atomic E-state index is 0.143. The SMILES string of the molecule is CCNC(=NCCSC)NCCS(=O)C(C)(C)C. The molecule has 0 aromatic rings. The fraction of sp³-hybridized carbons (Fsp3) is 0.917. The Labute approximate surface area is 118 Å². The van der Waals surface area contributed by atoms with Gasteiger partial charge < -0.3 is 10.6 Å². The van der Waals surface area contributed by atoms with Crippen molar-refractivity contribution in [2.45, 2.75) is 32.4 Å². The summed E-state index contributed by atoms with van der Waals surface area (Å²) in [5.41, 5.74) is 0.